The maximum atomic E-state index is 12.7. The van der Waals surface area contributed by atoms with Gasteiger partial charge >= 0.3 is 5.97 Å². The first-order valence-electron chi connectivity index (χ1n) is 24.4. The molecule has 0 radical (unpaired) electrons. The molecule has 0 aromatic carbocycles. The van der Waals surface area contributed by atoms with Crippen molar-refractivity contribution < 1.29 is 37.3 Å². The van der Waals surface area contributed by atoms with E-state index in [2.05, 4.69) is 62.5 Å². The van der Waals surface area contributed by atoms with Gasteiger partial charge in [-0.3, -0.25) is 9.36 Å². The van der Waals surface area contributed by atoms with Gasteiger partial charge in [-0.15, -0.1) is 0 Å². The van der Waals surface area contributed by atoms with Crippen LogP contribution in [-0.2, 0) is 27.9 Å². The van der Waals surface area contributed by atoms with Crippen LogP contribution in [0.15, 0.2) is 48.6 Å². The highest BCUT2D eigenvalue weighted by atomic mass is 31.2. The quantitative estimate of drug-likeness (QED) is 0.0198. The highest BCUT2D eigenvalue weighted by molar-refractivity contribution is 7.45. The molecule has 0 N–H and O–H groups in total. The minimum Gasteiger partial charge on any atom is -0.756 e. The first kappa shape index (κ1) is 57.5. The molecular weight excluding hydrogens is 758 g/mol. The zero-order valence-electron chi connectivity index (χ0n) is 39.2. The van der Waals surface area contributed by atoms with Gasteiger partial charge in [-0.05, 0) is 51.4 Å². The Balaban J connectivity index is 4.10. The van der Waals surface area contributed by atoms with Crippen LogP contribution in [0.2, 0.25) is 0 Å². The largest absolute Gasteiger partial charge is 0.756 e. The minimum atomic E-state index is -4.53. The number of quaternary nitrogens is 1. The van der Waals surface area contributed by atoms with Gasteiger partial charge in [-0.2, -0.15) is 0 Å². The van der Waals surface area contributed by atoms with Crippen molar-refractivity contribution in [2.24, 2.45) is 0 Å². The number of ether oxygens (including phenoxy) is 2. The number of phosphoric ester groups is 1. The van der Waals surface area contributed by atoms with Crippen LogP contribution in [-0.4, -0.2) is 70.7 Å². The fourth-order valence-electron chi connectivity index (χ4n) is 6.66. The van der Waals surface area contributed by atoms with Gasteiger partial charge in [0, 0.05) is 13.0 Å². The van der Waals surface area contributed by atoms with E-state index in [4.69, 9.17) is 18.5 Å². The molecule has 0 rings (SSSR count). The zero-order valence-corrected chi connectivity index (χ0v) is 40.1. The van der Waals surface area contributed by atoms with Crippen LogP contribution in [0.5, 0.6) is 0 Å². The van der Waals surface area contributed by atoms with Gasteiger partial charge in [-0.1, -0.05) is 197 Å². The third kappa shape index (κ3) is 47.4. The second-order valence-electron chi connectivity index (χ2n) is 17.4. The molecule has 0 fully saturated rings. The Hall–Kier alpha value is -1.54. The monoisotopic (exact) mass is 852 g/mol. The Kier molecular flexibility index (Phi) is 42.0. The lowest BCUT2D eigenvalue weighted by Crippen LogP contribution is -2.37. The van der Waals surface area contributed by atoms with Gasteiger partial charge in [-0.25, -0.2) is 0 Å². The van der Waals surface area contributed by atoms with Crippen LogP contribution in [0.3, 0.4) is 0 Å². The predicted octanol–water partition coefficient (Wildman–Crippen LogP) is 14.1. The lowest BCUT2D eigenvalue weighted by molar-refractivity contribution is -0.870. The van der Waals surface area contributed by atoms with E-state index >= 15 is 0 Å². The van der Waals surface area contributed by atoms with Gasteiger partial charge in [0.15, 0.2) is 0 Å². The molecule has 0 heterocycles. The normalized spacial score (nSPS) is 14.1. The summed E-state index contributed by atoms with van der Waals surface area (Å²) in [6.07, 6.45) is 52.7. The van der Waals surface area contributed by atoms with E-state index in [1.165, 1.54) is 128 Å². The summed E-state index contributed by atoms with van der Waals surface area (Å²) in [5, 5.41) is 0. The van der Waals surface area contributed by atoms with E-state index in [0.29, 0.717) is 24.1 Å². The van der Waals surface area contributed by atoms with Crippen LogP contribution >= 0.6 is 7.82 Å². The molecule has 0 spiro atoms. The van der Waals surface area contributed by atoms with Crippen LogP contribution in [0.25, 0.3) is 0 Å². The molecule has 0 aliphatic carbocycles. The number of esters is 1. The van der Waals surface area contributed by atoms with E-state index < -0.39 is 13.9 Å². The topological polar surface area (TPSA) is 94.1 Å². The average Bonchev–Trinajstić information content (AvgIpc) is 3.19. The fourth-order valence-corrected chi connectivity index (χ4v) is 7.38. The molecule has 0 bridgehead atoms. The molecular formula is C50H94NO7P. The summed E-state index contributed by atoms with van der Waals surface area (Å²) >= 11 is 0. The number of hydrogen-bond donors (Lipinski definition) is 0. The van der Waals surface area contributed by atoms with Crippen molar-refractivity contribution in [3.05, 3.63) is 48.6 Å². The zero-order chi connectivity index (χ0) is 43.4. The van der Waals surface area contributed by atoms with E-state index in [0.717, 1.165) is 57.8 Å². The first-order valence-corrected chi connectivity index (χ1v) is 25.8. The number of likely N-dealkylation sites (N-methyl/N-ethyl adjacent to an activating group) is 1. The highest BCUT2D eigenvalue weighted by Gasteiger charge is 2.20. The lowest BCUT2D eigenvalue weighted by atomic mass is 10.0. The number of allylic oxidation sites excluding steroid dienone is 8. The maximum absolute atomic E-state index is 12.7. The summed E-state index contributed by atoms with van der Waals surface area (Å²) in [5.74, 6) is -0.334. The molecule has 0 aliphatic rings. The summed E-state index contributed by atoms with van der Waals surface area (Å²) in [7, 11) is 1.36. The number of hydrogen-bond acceptors (Lipinski definition) is 7. The SMILES string of the molecule is CC/C=C\C/C=C\C/C=C\C/C=C\CCCCCCCCCCCCCOCC(COP(=O)([O-])OCC[N+](C)(C)C)OC(=O)CCCCCCCCCCCCCCC. The maximum Gasteiger partial charge on any atom is 0.306 e. The number of rotatable bonds is 45. The Labute approximate surface area is 365 Å². The Morgan fingerprint density at radius 1 is 0.542 bits per heavy atom. The second kappa shape index (κ2) is 43.1. The third-order valence-electron chi connectivity index (χ3n) is 10.4. The van der Waals surface area contributed by atoms with Gasteiger partial charge in [0.1, 0.15) is 19.3 Å². The van der Waals surface area contributed by atoms with Crippen molar-refractivity contribution >= 4 is 13.8 Å². The number of nitrogens with zero attached hydrogens (tertiary/aromatic N) is 1. The highest BCUT2D eigenvalue weighted by Crippen LogP contribution is 2.38. The molecule has 0 aliphatic heterocycles. The van der Waals surface area contributed by atoms with E-state index in [-0.39, 0.29) is 25.8 Å². The molecule has 0 aromatic rings. The van der Waals surface area contributed by atoms with Crippen molar-refractivity contribution in [1.82, 2.24) is 0 Å². The van der Waals surface area contributed by atoms with Gasteiger partial charge in [0.25, 0.3) is 7.82 Å². The summed E-state index contributed by atoms with van der Waals surface area (Å²) in [5.41, 5.74) is 0. The van der Waals surface area contributed by atoms with Gasteiger partial charge in [0.2, 0.25) is 0 Å². The first-order chi connectivity index (χ1) is 28.6. The smallest absolute Gasteiger partial charge is 0.306 e. The molecule has 0 amide bonds. The molecule has 2 unspecified atom stereocenters. The van der Waals surface area contributed by atoms with E-state index in [9.17, 15) is 14.3 Å². The van der Waals surface area contributed by atoms with Gasteiger partial charge < -0.3 is 27.9 Å². The molecule has 8 nitrogen and oxygen atoms in total. The van der Waals surface area contributed by atoms with Gasteiger partial charge in [0.05, 0.1) is 34.4 Å². The van der Waals surface area contributed by atoms with Crippen LogP contribution in [0, 0.1) is 0 Å². The summed E-state index contributed by atoms with van der Waals surface area (Å²) < 4.78 is 34.7. The predicted molar refractivity (Wildman–Crippen MR) is 250 cm³/mol. The summed E-state index contributed by atoms with van der Waals surface area (Å²) in [4.78, 5) is 25.1. The standard InChI is InChI=1S/C50H94NO7P/c1-6-8-10-12-14-16-18-20-21-22-23-24-25-26-27-28-29-30-32-34-36-38-40-42-45-55-47-49(48-57-59(53,54)56-46-44-51(3,4)5)58-50(52)43-41-39-37-35-33-31-19-17-15-13-11-9-7-2/h8,10,14,16,20-21,23-24,49H,6-7,9,11-13,15,17-19,22,25-48H2,1-5H3/b10-8-,16-14-,21-20-,24-23-. The molecule has 9 heteroatoms. The minimum absolute atomic E-state index is 0.0258. The summed E-state index contributed by atoms with van der Waals surface area (Å²) in [6, 6.07) is 0. The summed E-state index contributed by atoms with van der Waals surface area (Å²) in [6.45, 7) is 5.31. The fraction of sp³-hybridized carbons (Fsp3) is 0.820. The van der Waals surface area contributed by atoms with Crippen LogP contribution < -0.4 is 4.89 Å². The van der Waals surface area contributed by atoms with Crippen molar-refractivity contribution in [3.63, 3.8) is 0 Å². The molecule has 0 saturated carbocycles. The molecule has 2 atom stereocenters. The van der Waals surface area contributed by atoms with Crippen LogP contribution in [0.4, 0.5) is 0 Å². The van der Waals surface area contributed by atoms with Crippen molar-refractivity contribution in [2.75, 3.05) is 54.1 Å². The molecule has 346 valence electrons. The molecule has 0 aromatic heterocycles. The van der Waals surface area contributed by atoms with E-state index in [1.807, 2.05) is 21.1 Å². The van der Waals surface area contributed by atoms with E-state index in [1.54, 1.807) is 0 Å². The molecule has 0 saturated heterocycles. The molecule has 59 heavy (non-hydrogen) atoms. The third-order valence-corrected chi connectivity index (χ3v) is 11.4. The second-order valence-corrected chi connectivity index (χ2v) is 18.9. The number of carbonyl (C=O) groups is 1. The van der Waals surface area contributed by atoms with Crippen molar-refractivity contribution in [3.8, 4) is 0 Å². The lowest BCUT2D eigenvalue weighted by Gasteiger charge is -2.28. The number of carbonyl (C=O) groups excluding carboxylic acids is 1. The number of unbranched alkanes of at least 4 members (excludes halogenated alkanes) is 23. The Bertz CT molecular complexity index is 1080. The van der Waals surface area contributed by atoms with Crippen LogP contribution in [0.1, 0.15) is 206 Å². The Morgan fingerprint density at radius 2 is 0.983 bits per heavy atom. The number of phosphoric acid groups is 1. The van der Waals surface area contributed by atoms with Crippen molar-refractivity contribution in [2.45, 2.75) is 213 Å². The Morgan fingerprint density at radius 3 is 1.47 bits per heavy atom. The average molecular weight is 852 g/mol. The van der Waals surface area contributed by atoms with Crippen molar-refractivity contribution in [1.29, 1.82) is 0 Å².